The molecule has 0 aliphatic heterocycles. The summed E-state index contributed by atoms with van der Waals surface area (Å²) < 4.78 is 29.1. The van der Waals surface area contributed by atoms with Crippen molar-refractivity contribution in [3.8, 4) is 90.6 Å². The van der Waals surface area contributed by atoms with Crippen LogP contribution in [0.1, 0.15) is 125 Å². The third-order valence-corrected chi connectivity index (χ3v) is 24.4. The summed E-state index contributed by atoms with van der Waals surface area (Å²) in [6.45, 7) is 9.03. The van der Waals surface area contributed by atoms with Crippen LogP contribution in [0.25, 0.3) is 90.6 Å². The zero-order valence-electron chi connectivity index (χ0n) is 71.2. The predicted octanol–water partition coefficient (Wildman–Crippen LogP) is 12.0. The number of aryl methyl sites for hydroxylation is 2. The van der Waals surface area contributed by atoms with Gasteiger partial charge in [0.1, 0.15) is 24.5 Å². The summed E-state index contributed by atoms with van der Waals surface area (Å²) in [6.07, 6.45) is 34.9. The molecule has 36 heteroatoms. The standard InChI is InChI=1S/2C24H26N8O2.2C21H21N7O/c2*1-24(19-8-9-19,18-6-4-15(5-7-18)16-10-26-23(25)27-11-16)22-29-21(34-30-22)17-12-28-32(13-17)14-20(33)31(2)3;1-21(16-7-8-16,19-26-18(29-27-19)17-11-28(2)12-25-17)15-5-3-13(4-6-15)14-9-23-20(22)24-10-14;1-21(16-7-8-16,19-26-18(29-27-19)17-9-10-25-28(17)2)15-5-3-13(4-6-15)14-11-23-20(22)24-12-14/h2*4-7,10-13,19H,8-9,14H2,1-3H3,(H2,25,26,27);2*3-6,9-12,16H,7-8H2,1-2H3,(H2,22,23,24)/t2*24-;;/m00../s1. The van der Waals surface area contributed by atoms with E-state index in [1.165, 1.54) is 9.80 Å². The minimum absolute atomic E-state index is 0.0452. The van der Waals surface area contributed by atoms with Gasteiger partial charge in [0.15, 0.2) is 23.3 Å². The van der Waals surface area contributed by atoms with Crippen LogP contribution in [0.4, 0.5) is 23.8 Å². The lowest BCUT2D eigenvalue weighted by atomic mass is 9.76. The monoisotopic (exact) mass is 1690 g/mol. The number of carbonyl (C=O) groups excluding carboxylic acids is 2. The van der Waals surface area contributed by atoms with Crippen molar-refractivity contribution in [3.63, 3.8) is 0 Å². The molecule has 8 N–H and O–H groups in total. The second-order valence-electron chi connectivity index (χ2n) is 33.4. The number of rotatable bonds is 24. The number of nitrogen functional groups attached to an aromatic ring is 4. The summed E-state index contributed by atoms with van der Waals surface area (Å²) in [5.41, 5.74) is 36.2. The van der Waals surface area contributed by atoms with Gasteiger partial charge in [-0.15, -0.1) is 0 Å². The summed E-state index contributed by atoms with van der Waals surface area (Å²) in [4.78, 5) is 82.8. The second kappa shape index (κ2) is 34.2. The number of likely N-dealkylation sites (N-methyl/N-ethyl adjacent to an activating group) is 2. The zero-order valence-corrected chi connectivity index (χ0v) is 71.2. The highest BCUT2D eigenvalue weighted by Gasteiger charge is 2.51. The minimum Gasteiger partial charge on any atom is -0.368 e. The molecule has 0 bridgehead atoms. The fraction of sp³-hybridized carbons (Fsp3) is 0.311. The molecular formula is C90H94N30O6. The van der Waals surface area contributed by atoms with Crippen LogP contribution in [-0.2, 0) is 58.4 Å². The van der Waals surface area contributed by atoms with Gasteiger partial charge in [-0.05, 0) is 153 Å². The van der Waals surface area contributed by atoms with Crippen LogP contribution in [0.15, 0.2) is 214 Å². The van der Waals surface area contributed by atoms with Gasteiger partial charge in [-0.1, -0.05) is 118 Å². The van der Waals surface area contributed by atoms with Crippen molar-refractivity contribution in [2.45, 2.75) is 114 Å². The van der Waals surface area contributed by atoms with Gasteiger partial charge in [0.25, 0.3) is 23.6 Å². The van der Waals surface area contributed by atoms with Crippen LogP contribution in [0.5, 0.6) is 0 Å². The quantitative estimate of drug-likeness (QED) is 0.0436. The van der Waals surface area contributed by atoms with E-state index in [9.17, 15) is 9.59 Å². The molecule has 36 nitrogen and oxygen atoms in total. The first-order valence-corrected chi connectivity index (χ1v) is 41.3. The van der Waals surface area contributed by atoms with Gasteiger partial charge < -0.3 is 55.4 Å². The Morgan fingerprint density at radius 3 is 0.913 bits per heavy atom. The molecule has 4 aliphatic rings. The molecule has 4 atom stereocenters. The summed E-state index contributed by atoms with van der Waals surface area (Å²) >= 11 is 0. The Morgan fingerprint density at radius 2 is 0.643 bits per heavy atom. The molecule has 4 aromatic carbocycles. The molecule has 0 radical (unpaired) electrons. The van der Waals surface area contributed by atoms with Crippen LogP contribution in [0.2, 0.25) is 0 Å². The maximum Gasteiger partial charge on any atom is 0.278 e. The van der Waals surface area contributed by atoms with Gasteiger partial charge in [0.2, 0.25) is 35.6 Å². The van der Waals surface area contributed by atoms with E-state index in [-0.39, 0.29) is 70.4 Å². The smallest absolute Gasteiger partial charge is 0.278 e. The van der Waals surface area contributed by atoms with Gasteiger partial charge >= 0.3 is 0 Å². The van der Waals surface area contributed by atoms with Crippen molar-refractivity contribution in [1.29, 1.82) is 0 Å². The first-order chi connectivity index (χ1) is 60.8. The molecule has 20 rings (SSSR count). The lowest BCUT2D eigenvalue weighted by Gasteiger charge is -2.27. The number of carbonyl (C=O) groups is 2. The number of benzene rings is 4. The number of nitrogens with zero attached hydrogens (tertiary/aromatic N) is 26. The number of amides is 2. The fourth-order valence-electron chi connectivity index (χ4n) is 15.8. The van der Waals surface area contributed by atoms with Crippen LogP contribution in [0, 0.1) is 23.7 Å². The van der Waals surface area contributed by atoms with E-state index >= 15 is 0 Å². The van der Waals surface area contributed by atoms with E-state index in [1.807, 2.05) is 30.9 Å². The van der Waals surface area contributed by atoms with Gasteiger partial charge in [-0.3, -0.25) is 23.6 Å². The SMILES string of the molecule is CN(C)C(=O)Cn1cc(-c2nc([C@@](C)(c3ccc(-c4cnc(N)nc4)cc3)C3CC3)no2)cn1.CN(C)C(=O)Cn1cc(-c2nc([C@@](C)(c3ccc(-c4cnc(N)nc4)cc3)C3CC3)no2)cn1.Cn1cnc(-c2nc(C(C)(c3ccc(-c4cnc(N)nc4)cc3)C3CC3)no2)c1.Cn1nccc1-c1nc(C(C)(c2ccc(-c3cnc(N)nc3)cc2)C2CC2)no1. The van der Waals surface area contributed by atoms with Gasteiger partial charge in [-0.25, -0.2) is 44.9 Å². The van der Waals surface area contributed by atoms with Crippen LogP contribution in [0.3, 0.4) is 0 Å². The molecule has 4 saturated carbocycles. The van der Waals surface area contributed by atoms with Crippen molar-refractivity contribution in [3.05, 3.63) is 242 Å². The van der Waals surface area contributed by atoms with E-state index in [2.05, 4.69) is 206 Å². The molecular weight excluding hydrogens is 1600 g/mol. The molecule has 2 unspecified atom stereocenters. The van der Waals surface area contributed by atoms with E-state index in [0.29, 0.717) is 87.4 Å². The highest BCUT2D eigenvalue weighted by molar-refractivity contribution is 5.76. The minimum atomic E-state index is -0.380. The average molecular weight is 1690 g/mol. The van der Waals surface area contributed by atoms with E-state index in [4.69, 9.17) is 61.0 Å². The fourth-order valence-corrected chi connectivity index (χ4v) is 15.8. The van der Waals surface area contributed by atoms with Crippen LogP contribution in [-0.4, -0.2) is 169 Å². The number of nitrogens with two attached hydrogens (primary N) is 4. The summed E-state index contributed by atoms with van der Waals surface area (Å²) in [6, 6.07) is 35.3. The molecule has 0 saturated heterocycles. The number of hydrogen-bond donors (Lipinski definition) is 4. The Balaban J connectivity index is 0.000000119. The molecule has 0 spiro atoms. The van der Waals surface area contributed by atoms with Crippen molar-refractivity contribution in [2.24, 2.45) is 37.8 Å². The highest BCUT2D eigenvalue weighted by atomic mass is 16.5. The maximum atomic E-state index is 12.0. The van der Waals surface area contributed by atoms with Crippen LogP contribution >= 0.6 is 0 Å². The Labute approximate surface area is 723 Å². The molecule has 2 amide bonds. The third kappa shape index (κ3) is 17.3. The molecule has 16 aromatic rings. The molecule has 12 heterocycles. The van der Waals surface area contributed by atoms with Gasteiger partial charge in [0, 0.05) is 139 Å². The lowest BCUT2D eigenvalue weighted by Crippen LogP contribution is -2.28. The Kier molecular flexibility index (Phi) is 22.5. The average Bonchev–Trinajstić information content (AvgIpc) is 1.61. The normalized spacial score (nSPS) is 15.5. The molecule has 126 heavy (non-hydrogen) atoms. The van der Waals surface area contributed by atoms with Gasteiger partial charge in [0.05, 0.1) is 51.5 Å². The molecule has 4 fully saturated rings. The molecule has 4 aliphatic carbocycles. The third-order valence-electron chi connectivity index (χ3n) is 24.4. The largest absolute Gasteiger partial charge is 0.368 e. The molecule has 640 valence electrons. The van der Waals surface area contributed by atoms with Crippen molar-refractivity contribution in [1.82, 2.24) is 129 Å². The number of anilines is 4. The maximum absolute atomic E-state index is 12.0. The lowest BCUT2D eigenvalue weighted by molar-refractivity contribution is -0.130. The van der Waals surface area contributed by atoms with E-state index in [1.54, 1.807) is 129 Å². The first-order valence-electron chi connectivity index (χ1n) is 41.3. The second-order valence-corrected chi connectivity index (χ2v) is 33.4. The summed E-state index contributed by atoms with van der Waals surface area (Å²) in [7, 11) is 10.6. The van der Waals surface area contributed by atoms with Crippen molar-refractivity contribution < 1.29 is 27.7 Å². The first kappa shape index (κ1) is 83.0. The van der Waals surface area contributed by atoms with Crippen molar-refractivity contribution in [2.75, 3.05) is 51.1 Å². The number of aromatic nitrogens is 24. The highest BCUT2D eigenvalue weighted by Crippen LogP contribution is 2.55. The topological polar surface area (TPSA) is 475 Å². The van der Waals surface area contributed by atoms with E-state index in [0.717, 1.165) is 124 Å². The Morgan fingerprint density at radius 1 is 0.357 bits per heavy atom. The molecule has 12 aromatic heterocycles. The van der Waals surface area contributed by atoms with Crippen LogP contribution < -0.4 is 22.9 Å². The number of imidazole rings is 1. The zero-order chi connectivity index (χ0) is 87.8. The Bertz CT molecular complexity index is 6250. The Hall–Kier alpha value is -15.3. The van der Waals surface area contributed by atoms with E-state index < -0.39 is 0 Å². The summed E-state index contributed by atoms with van der Waals surface area (Å²) in [5.74, 6) is 7.22. The summed E-state index contributed by atoms with van der Waals surface area (Å²) in [5, 5.41) is 30.1. The number of hydrogen-bond acceptors (Lipinski definition) is 30. The predicted molar refractivity (Wildman–Crippen MR) is 466 cm³/mol. The van der Waals surface area contributed by atoms with Crippen molar-refractivity contribution >= 4 is 35.6 Å². The van der Waals surface area contributed by atoms with Gasteiger partial charge in [-0.2, -0.15) is 35.2 Å².